The molecule has 0 bridgehead atoms. The average Bonchev–Trinajstić information content (AvgIpc) is 3.25. The van der Waals surface area contributed by atoms with Crippen molar-refractivity contribution in [3.63, 3.8) is 0 Å². The fraction of sp³-hybridized carbons (Fsp3) is 0.118. The van der Waals surface area contributed by atoms with Crippen LogP contribution in [0.15, 0.2) is 52.2 Å². The van der Waals surface area contributed by atoms with Crippen molar-refractivity contribution in [1.29, 1.82) is 0 Å². The van der Waals surface area contributed by atoms with Crippen molar-refractivity contribution in [2.75, 3.05) is 5.75 Å². The van der Waals surface area contributed by atoms with E-state index >= 15 is 0 Å². The van der Waals surface area contributed by atoms with Gasteiger partial charge in [0, 0.05) is 16.3 Å². The number of H-pyrrole nitrogens is 1. The number of carbonyl (C=O) groups is 1. The number of aromatic nitrogens is 3. The second-order valence-corrected chi connectivity index (χ2v) is 6.36. The number of carbonyl (C=O) groups excluding carboxylic acids is 1. The Labute approximate surface area is 145 Å². The highest BCUT2D eigenvalue weighted by Gasteiger charge is 2.13. The zero-order valence-corrected chi connectivity index (χ0v) is 13.8. The van der Waals surface area contributed by atoms with Crippen LogP contribution in [0.25, 0.3) is 21.8 Å². The number of halogens is 1. The van der Waals surface area contributed by atoms with Crippen LogP contribution in [-0.2, 0) is 11.3 Å². The molecular weight excluding hydrogens is 343 g/mol. The van der Waals surface area contributed by atoms with E-state index in [0.29, 0.717) is 17.3 Å². The van der Waals surface area contributed by atoms with Gasteiger partial charge in [0.15, 0.2) is 0 Å². The molecule has 0 aliphatic rings. The molecular formula is C17H13FN4O2S. The first-order chi connectivity index (χ1) is 12.2. The number of rotatable bonds is 5. The number of amides is 1. The van der Waals surface area contributed by atoms with Crippen molar-refractivity contribution in [2.24, 2.45) is 0 Å². The summed E-state index contributed by atoms with van der Waals surface area (Å²) in [6, 6.07) is 8.09. The van der Waals surface area contributed by atoms with E-state index in [-0.39, 0.29) is 17.5 Å². The SMILES string of the molecule is O=C(CSc1nncc2c1[nH]c1ccc(F)cc12)NCc1ccco1. The number of benzene rings is 1. The minimum atomic E-state index is -0.309. The molecule has 1 amide bonds. The molecule has 4 rings (SSSR count). The van der Waals surface area contributed by atoms with Crippen LogP contribution >= 0.6 is 11.8 Å². The number of fused-ring (bicyclic) bond motifs is 3. The number of aromatic amines is 1. The molecule has 0 aliphatic heterocycles. The number of hydrogen-bond acceptors (Lipinski definition) is 5. The van der Waals surface area contributed by atoms with Gasteiger partial charge in [-0.25, -0.2) is 4.39 Å². The van der Waals surface area contributed by atoms with Crippen molar-refractivity contribution in [3.8, 4) is 0 Å². The Hall–Kier alpha value is -2.87. The highest BCUT2D eigenvalue weighted by Crippen LogP contribution is 2.30. The van der Waals surface area contributed by atoms with Crippen LogP contribution in [0, 0.1) is 5.82 Å². The van der Waals surface area contributed by atoms with E-state index in [2.05, 4.69) is 20.5 Å². The molecule has 0 atom stereocenters. The zero-order valence-electron chi connectivity index (χ0n) is 13.0. The van der Waals surface area contributed by atoms with Crippen molar-refractivity contribution in [2.45, 2.75) is 11.6 Å². The Bertz CT molecular complexity index is 1050. The first-order valence-corrected chi connectivity index (χ1v) is 8.54. The maximum Gasteiger partial charge on any atom is 0.230 e. The molecule has 0 saturated heterocycles. The lowest BCUT2D eigenvalue weighted by Gasteiger charge is -2.03. The Morgan fingerprint density at radius 3 is 3.08 bits per heavy atom. The summed E-state index contributed by atoms with van der Waals surface area (Å²) < 4.78 is 18.7. The molecule has 0 radical (unpaired) electrons. The van der Waals surface area contributed by atoms with E-state index in [1.807, 2.05) is 0 Å². The van der Waals surface area contributed by atoms with Gasteiger partial charge in [0.2, 0.25) is 5.91 Å². The maximum atomic E-state index is 13.5. The molecule has 0 saturated carbocycles. The van der Waals surface area contributed by atoms with Crippen LogP contribution in [0.5, 0.6) is 0 Å². The number of hydrogen-bond donors (Lipinski definition) is 2. The van der Waals surface area contributed by atoms with Crippen LogP contribution in [0.1, 0.15) is 5.76 Å². The lowest BCUT2D eigenvalue weighted by molar-refractivity contribution is -0.118. The molecule has 0 spiro atoms. The second kappa shape index (κ2) is 6.56. The quantitative estimate of drug-likeness (QED) is 0.536. The van der Waals surface area contributed by atoms with Crippen molar-refractivity contribution in [3.05, 3.63) is 54.4 Å². The Kier molecular flexibility index (Phi) is 4.10. The third-order valence-electron chi connectivity index (χ3n) is 3.73. The van der Waals surface area contributed by atoms with Gasteiger partial charge in [-0.3, -0.25) is 4.79 Å². The van der Waals surface area contributed by atoms with Crippen molar-refractivity contribution in [1.82, 2.24) is 20.5 Å². The van der Waals surface area contributed by atoms with Gasteiger partial charge < -0.3 is 14.7 Å². The van der Waals surface area contributed by atoms with Gasteiger partial charge in [-0.05, 0) is 30.3 Å². The minimum Gasteiger partial charge on any atom is -0.467 e. The molecule has 25 heavy (non-hydrogen) atoms. The molecule has 6 nitrogen and oxygen atoms in total. The third-order valence-corrected chi connectivity index (χ3v) is 4.70. The monoisotopic (exact) mass is 356 g/mol. The highest BCUT2D eigenvalue weighted by molar-refractivity contribution is 8.00. The summed E-state index contributed by atoms with van der Waals surface area (Å²) in [6.45, 7) is 0.341. The van der Waals surface area contributed by atoms with E-state index in [0.717, 1.165) is 21.8 Å². The maximum absolute atomic E-state index is 13.5. The summed E-state index contributed by atoms with van der Waals surface area (Å²) >= 11 is 1.27. The van der Waals surface area contributed by atoms with Crippen LogP contribution in [0.2, 0.25) is 0 Å². The van der Waals surface area contributed by atoms with Gasteiger partial charge in [0.25, 0.3) is 0 Å². The average molecular weight is 356 g/mol. The molecule has 0 unspecified atom stereocenters. The standard InChI is InChI=1S/C17H13FN4O2S/c18-10-3-4-14-12(6-10)13-8-20-22-17(16(13)21-14)25-9-15(23)19-7-11-2-1-5-24-11/h1-6,8,21H,7,9H2,(H,19,23). The van der Waals surface area contributed by atoms with Gasteiger partial charge in [0.1, 0.15) is 16.6 Å². The number of nitrogens with zero attached hydrogens (tertiary/aromatic N) is 2. The fourth-order valence-corrected chi connectivity index (χ4v) is 3.34. The van der Waals surface area contributed by atoms with E-state index in [1.165, 1.54) is 23.9 Å². The Morgan fingerprint density at radius 2 is 2.24 bits per heavy atom. The van der Waals surface area contributed by atoms with Gasteiger partial charge in [-0.15, -0.1) is 5.10 Å². The van der Waals surface area contributed by atoms with E-state index in [4.69, 9.17) is 4.42 Å². The molecule has 0 fully saturated rings. The van der Waals surface area contributed by atoms with Crippen LogP contribution in [-0.4, -0.2) is 26.8 Å². The van der Waals surface area contributed by atoms with Crippen LogP contribution < -0.4 is 5.32 Å². The largest absolute Gasteiger partial charge is 0.467 e. The lowest BCUT2D eigenvalue weighted by Crippen LogP contribution is -2.24. The first-order valence-electron chi connectivity index (χ1n) is 7.55. The zero-order chi connectivity index (χ0) is 17.2. The van der Waals surface area contributed by atoms with Crippen molar-refractivity contribution < 1.29 is 13.6 Å². The number of nitrogens with one attached hydrogen (secondary N) is 2. The predicted octanol–water partition coefficient (Wildman–Crippen LogP) is 3.25. The number of furan rings is 1. The molecule has 3 heterocycles. The fourth-order valence-electron chi connectivity index (χ4n) is 2.56. The summed E-state index contributed by atoms with van der Waals surface area (Å²) in [5.41, 5.74) is 1.55. The molecule has 0 aliphatic carbocycles. The number of thioether (sulfide) groups is 1. The topological polar surface area (TPSA) is 83.8 Å². The second-order valence-electron chi connectivity index (χ2n) is 5.40. The van der Waals surface area contributed by atoms with Crippen molar-refractivity contribution >= 4 is 39.5 Å². The first kappa shape index (κ1) is 15.6. The highest BCUT2D eigenvalue weighted by atomic mass is 32.2. The minimum absolute atomic E-state index is 0.137. The van der Waals surface area contributed by atoms with Gasteiger partial charge >= 0.3 is 0 Å². The van der Waals surface area contributed by atoms with Crippen LogP contribution in [0.4, 0.5) is 4.39 Å². The Balaban J connectivity index is 1.51. The molecule has 8 heteroatoms. The molecule has 3 aromatic heterocycles. The molecule has 126 valence electrons. The van der Waals surface area contributed by atoms with Gasteiger partial charge in [-0.1, -0.05) is 11.8 Å². The Morgan fingerprint density at radius 1 is 1.32 bits per heavy atom. The summed E-state index contributed by atoms with van der Waals surface area (Å²) in [7, 11) is 0. The smallest absolute Gasteiger partial charge is 0.230 e. The summed E-state index contributed by atoms with van der Waals surface area (Å²) in [5, 5.41) is 13.0. The predicted molar refractivity (Wildman–Crippen MR) is 92.6 cm³/mol. The third kappa shape index (κ3) is 3.20. The lowest BCUT2D eigenvalue weighted by atomic mass is 10.2. The molecule has 2 N–H and O–H groups in total. The van der Waals surface area contributed by atoms with Gasteiger partial charge in [0.05, 0.1) is 30.3 Å². The summed E-state index contributed by atoms with van der Waals surface area (Å²) in [5.74, 6) is 0.440. The van der Waals surface area contributed by atoms with E-state index in [1.54, 1.807) is 30.7 Å². The molecule has 4 aromatic rings. The van der Waals surface area contributed by atoms with Gasteiger partial charge in [-0.2, -0.15) is 5.10 Å². The summed E-state index contributed by atoms with van der Waals surface area (Å²) in [4.78, 5) is 15.2. The molecule has 1 aromatic carbocycles. The summed E-state index contributed by atoms with van der Waals surface area (Å²) in [6.07, 6.45) is 3.15. The normalized spacial score (nSPS) is 11.2. The van der Waals surface area contributed by atoms with E-state index < -0.39 is 0 Å². The van der Waals surface area contributed by atoms with E-state index in [9.17, 15) is 9.18 Å². The van der Waals surface area contributed by atoms with Crippen LogP contribution in [0.3, 0.4) is 0 Å².